The number of amides is 1. The summed E-state index contributed by atoms with van der Waals surface area (Å²) >= 11 is 0. The highest BCUT2D eigenvalue weighted by atomic mass is 16.4. The number of aryl methyl sites for hydroxylation is 1. The minimum atomic E-state index is -0.779. The van der Waals surface area contributed by atoms with Gasteiger partial charge in [-0.2, -0.15) is 0 Å². The van der Waals surface area contributed by atoms with Crippen molar-refractivity contribution < 1.29 is 14.7 Å². The molecule has 0 heterocycles. The van der Waals surface area contributed by atoms with E-state index in [2.05, 4.69) is 5.32 Å². The first-order valence-electron chi connectivity index (χ1n) is 7.86. The lowest BCUT2D eigenvalue weighted by atomic mass is 10.1. The van der Waals surface area contributed by atoms with Crippen LogP contribution in [0.25, 0.3) is 0 Å². The Morgan fingerprint density at radius 2 is 1.71 bits per heavy atom. The molecule has 0 saturated heterocycles. The number of hydrogen-bond donors (Lipinski definition) is 2. The van der Waals surface area contributed by atoms with Crippen molar-refractivity contribution in [3.05, 3.63) is 59.7 Å². The van der Waals surface area contributed by atoms with E-state index >= 15 is 0 Å². The Hall–Kier alpha value is -2.82. The van der Waals surface area contributed by atoms with Crippen LogP contribution in [0.5, 0.6) is 0 Å². The summed E-state index contributed by atoms with van der Waals surface area (Å²) in [6, 6.07) is 14.9. The summed E-state index contributed by atoms with van der Waals surface area (Å²) < 4.78 is 0. The molecule has 2 rings (SSSR count). The van der Waals surface area contributed by atoms with Gasteiger partial charge in [0.2, 0.25) is 0 Å². The molecule has 1 amide bonds. The monoisotopic (exact) mass is 326 g/mol. The lowest BCUT2D eigenvalue weighted by Gasteiger charge is -2.17. The maximum atomic E-state index is 12.5. The predicted molar refractivity (Wildman–Crippen MR) is 95.7 cm³/mol. The molecule has 0 bridgehead atoms. The Morgan fingerprint density at radius 3 is 2.33 bits per heavy atom. The van der Waals surface area contributed by atoms with E-state index in [0.717, 1.165) is 16.9 Å². The number of hydrogen-bond acceptors (Lipinski definition) is 3. The standard InChI is InChI=1S/C19H22N2O3/c1-21(2)17-8-4-3-7-16(17)19(24)20-15-12-10-14(11-13-15)6-5-9-18(22)23/h3-4,7-8,10-13H,5-6,9H2,1-2H3,(H,20,24)(H,22,23). The number of carboxylic acid groups (broad SMARTS) is 1. The lowest BCUT2D eigenvalue weighted by Crippen LogP contribution is -2.18. The van der Waals surface area contributed by atoms with Crippen LogP contribution in [-0.4, -0.2) is 31.1 Å². The molecule has 0 unspecified atom stereocenters. The fourth-order valence-corrected chi connectivity index (χ4v) is 2.45. The molecule has 5 nitrogen and oxygen atoms in total. The molecule has 0 aliphatic rings. The Labute approximate surface area is 141 Å². The highest BCUT2D eigenvalue weighted by molar-refractivity contribution is 6.08. The number of aliphatic carboxylic acids is 1. The number of carboxylic acids is 1. The van der Waals surface area contributed by atoms with Crippen LogP contribution in [0.15, 0.2) is 48.5 Å². The van der Waals surface area contributed by atoms with Gasteiger partial charge in [-0.3, -0.25) is 9.59 Å². The minimum absolute atomic E-state index is 0.155. The van der Waals surface area contributed by atoms with Gasteiger partial charge in [0.05, 0.1) is 5.56 Å². The zero-order valence-corrected chi connectivity index (χ0v) is 14.0. The van der Waals surface area contributed by atoms with Gasteiger partial charge in [-0.1, -0.05) is 24.3 Å². The molecular formula is C19H22N2O3. The molecule has 0 aromatic heterocycles. The van der Waals surface area contributed by atoms with Crippen molar-refractivity contribution in [3.8, 4) is 0 Å². The zero-order valence-electron chi connectivity index (χ0n) is 14.0. The number of nitrogens with one attached hydrogen (secondary N) is 1. The molecule has 2 aromatic rings. The smallest absolute Gasteiger partial charge is 0.303 e. The third-order valence-electron chi connectivity index (χ3n) is 3.70. The number of carbonyl (C=O) groups is 2. The quantitative estimate of drug-likeness (QED) is 0.818. The van der Waals surface area contributed by atoms with Crippen molar-refractivity contribution in [2.45, 2.75) is 19.3 Å². The SMILES string of the molecule is CN(C)c1ccccc1C(=O)Nc1ccc(CCCC(=O)O)cc1. The highest BCUT2D eigenvalue weighted by Crippen LogP contribution is 2.20. The third-order valence-corrected chi connectivity index (χ3v) is 3.70. The highest BCUT2D eigenvalue weighted by Gasteiger charge is 2.12. The first-order chi connectivity index (χ1) is 11.5. The van der Waals surface area contributed by atoms with E-state index in [-0.39, 0.29) is 12.3 Å². The van der Waals surface area contributed by atoms with Crippen LogP contribution in [0, 0.1) is 0 Å². The van der Waals surface area contributed by atoms with Crippen LogP contribution in [0.1, 0.15) is 28.8 Å². The van der Waals surface area contributed by atoms with Gasteiger partial charge < -0.3 is 15.3 Å². The maximum absolute atomic E-state index is 12.5. The summed E-state index contributed by atoms with van der Waals surface area (Å²) in [7, 11) is 3.80. The molecule has 0 aliphatic carbocycles. The second-order valence-corrected chi connectivity index (χ2v) is 5.81. The summed E-state index contributed by atoms with van der Waals surface area (Å²) in [6.45, 7) is 0. The molecule has 5 heteroatoms. The van der Waals surface area contributed by atoms with Gasteiger partial charge in [-0.15, -0.1) is 0 Å². The van der Waals surface area contributed by atoms with Crippen LogP contribution in [0.4, 0.5) is 11.4 Å². The summed E-state index contributed by atoms with van der Waals surface area (Å²) in [4.78, 5) is 24.9. The molecule has 0 radical (unpaired) electrons. The van der Waals surface area contributed by atoms with E-state index in [4.69, 9.17) is 5.11 Å². The zero-order chi connectivity index (χ0) is 17.5. The Balaban J connectivity index is 2.01. The second-order valence-electron chi connectivity index (χ2n) is 5.81. The van der Waals surface area contributed by atoms with Crippen molar-refractivity contribution in [3.63, 3.8) is 0 Å². The van der Waals surface area contributed by atoms with E-state index < -0.39 is 5.97 Å². The number of anilines is 2. The number of para-hydroxylation sites is 1. The molecule has 2 N–H and O–H groups in total. The van der Waals surface area contributed by atoms with Gasteiger partial charge in [-0.05, 0) is 42.7 Å². The van der Waals surface area contributed by atoms with E-state index in [9.17, 15) is 9.59 Å². The van der Waals surface area contributed by atoms with Crippen LogP contribution in [0.3, 0.4) is 0 Å². The van der Waals surface area contributed by atoms with Gasteiger partial charge in [0.15, 0.2) is 0 Å². The van der Waals surface area contributed by atoms with Crippen molar-refractivity contribution in [2.75, 3.05) is 24.3 Å². The summed E-state index contributed by atoms with van der Waals surface area (Å²) in [5.74, 6) is -0.934. The van der Waals surface area contributed by atoms with E-state index in [0.29, 0.717) is 18.4 Å². The first kappa shape index (κ1) is 17.5. The van der Waals surface area contributed by atoms with Crippen molar-refractivity contribution in [1.29, 1.82) is 0 Å². The fourth-order valence-electron chi connectivity index (χ4n) is 2.45. The van der Waals surface area contributed by atoms with Crippen molar-refractivity contribution in [2.24, 2.45) is 0 Å². The van der Waals surface area contributed by atoms with Crippen LogP contribution in [-0.2, 0) is 11.2 Å². The predicted octanol–water partition coefficient (Wildman–Crippen LogP) is 3.41. The molecule has 0 spiro atoms. The molecule has 2 aromatic carbocycles. The number of carbonyl (C=O) groups excluding carboxylic acids is 1. The topological polar surface area (TPSA) is 69.6 Å². The van der Waals surface area contributed by atoms with Crippen LogP contribution in [0.2, 0.25) is 0 Å². The Morgan fingerprint density at radius 1 is 1.04 bits per heavy atom. The van der Waals surface area contributed by atoms with Crippen molar-refractivity contribution >= 4 is 23.3 Å². The Bertz CT molecular complexity index is 709. The average Bonchev–Trinajstić information content (AvgIpc) is 2.56. The van der Waals surface area contributed by atoms with Gasteiger partial charge in [0.1, 0.15) is 0 Å². The van der Waals surface area contributed by atoms with Gasteiger partial charge in [0, 0.05) is 31.9 Å². The van der Waals surface area contributed by atoms with E-state index in [1.165, 1.54) is 0 Å². The molecule has 0 saturated carbocycles. The molecule has 0 atom stereocenters. The second kappa shape index (κ2) is 8.15. The number of nitrogens with zero attached hydrogens (tertiary/aromatic N) is 1. The fraction of sp³-hybridized carbons (Fsp3) is 0.263. The molecule has 126 valence electrons. The number of rotatable bonds is 7. The van der Waals surface area contributed by atoms with Crippen molar-refractivity contribution in [1.82, 2.24) is 0 Å². The van der Waals surface area contributed by atoms with Gasteiger partial charge >= 0.3 is 5.97 Å². The van der Waals surface area contributed by atoms with Crippen LogP contribution < -0.4 is 10.2 Å². The summed E-state index contributed by atoms with van der Waals surface area (Å²) in [6.07, 6.45) is 1.49. The minimum Gasteiger partial charge on any atom is -0.481 e. The molecule has 24 heavy (non-hydrogen) atoms. The molecule has 0 fully saturated rings. The molecule has 0 aliphatic heterocycles. The Kier molecular flexibility index (Phi) is 5.95. The molecular weight excluding hydrogens is 304 g/mol. The van der Waals surface area contributed by atoms with Gasteiger partial charge in [0.25, 0.3) is 5.91 Å². The third kappa shape index (κ3) is 4.84. The number of benzene rings is 2. The van der Waals surface area contributed by atoms with E-state index in [1.807, 2.05) is 61.5 Å². The normalized spacial score (nSPS) is 10.2. The maximum Gasteiger partial charge on any atom is 0.303 e. The van der Waals surface area contributed by atoms with Crippen LogP contribution >= 0.6 is 0 Å². The average molecular weight is 326 g/mol. The van der Waals surface area contributed by atoms with Gasteiger partial charge in [-0.25, -0.2) is 0 Å². The largest absolute Gasteiger partial charge is 0.481 e. The van der Waals surface area contributed by atoms with E-state index in [1.54, 1.807) is 6.07 Å². The first-order valence-corrected chi connectivity index (χ1v) is 7.86. The lowest BCUT2D eigenvalue weighted by molar-refractivity contribution is -0.137. The summed E-state index contributed by atoms with van der Waals surface area (Å²) in [5.41, 5.74) is 3.26. The summed E-state index contributed by atoms with van der Waals surface area (Å²) in [5, 5.41) is 11.5.